The largest absolute Gasteiger partial charge is 0.394 e. The predicted octanol–water partition coefficient (Wildman–Crippen LogP) is 1.93. The van der Waals surface area contributed by atoms with E-state index in [4.69, 9.17) is 0 Å². The fourth-order valence-electron chi connectivity index (χ4n) is 3.16. The molecule has 2 nitrogen and oxygen atoms in total. The smallest absolute Gasteiger partial charge is 0.0610 e. The molecule has 1 aliphatic carbocycles. The van der Waals surface area contributed by atoms with Crippen LogP contribution in [0.1, 0.15) is 45.4 Å². The van der Waals surface area contributed by atoms with Crippen LogP contribution in [0.25, 0.3) is 0 Å². The zero-order valence-corrected chi connectivity index (χ0v) is 9.26. The van der Waals surface area contributed by atoms with Crippen molar-refractivity contribution >= 4 is 0 Å². The zero-order chi connectivity index (χ0) is 10.0. The van der Waals surface area contributed by atoms with Crippen molar-refractivity contribution in [3.8, 4) is 0 Å². The quantitative estimate of drug-likeness (QED) is 0.709. The average molecular weight is 197 g/mol. The molecular weight excluding hydrogens is 174 g/mol. The second kappa shape index (κ2) is 4.19. The fraction of sp³-hybridized carbons (Fsp3) is 1.00. The van der Waals surface area contributed by atoms with Crippen LogP contribution < -0.4 is 5.32 Å². The molecule has 2 rings (SSSR count). The molecule has 2 heteroatoms. The molecule has 0 aromatic rings. The van der Waals surface area contributed by atoms with E-state index in [9.17, 15) is 5.11 Å². The molecular formula is C12H23NO. The standard InChI is InChI=1S/C12H23NO/c1-12(9-14)7-11(8-13-12)10-5-3-2-4-6-10/h10-11,13-14H,2-9H2,1H3. The Balaban J connectivity index is 1.88. The van der Waals surface area contributed by atoms with E-state index in [1.165, 1.54) is 38.5 Å². The molecule has 1 saturated heterocycles. The molecule has 0 radical (unpaired) electrons. The maximum atomic E-state index is 9.28. The van der Waals surface area contributed by atoms with Gasteiger partial charge in [0.15, 0.2) is 0 Å². The summed E-state index contributed by atoms with van der Waals surface area (Å²) < 4.78 is 0. The van der Waals surface area contributed by atoms with E-state index >= 15 is 0 Å². The molecule has 2 fully saturated rings. The third-order valence-electron chi connectivity index (χ3n) is 4.17. The highest BCUT2D eigenvalue weighted by Gasteiger charge is 2.37. The van der Waals surface area contributed by atoms with Crippen molar-refractivity contribution in [2.75, 3.05) is 13.2 Å². The Morgan fingerprint density at radius 2 is 1.93 bits per heavy atom. The summed E-state index contributed by atoms with van der Waals surface area (Å²) in [7, 11) is 0. The van der Waals surface area contributed by atoms with Gasteiger partial charge in [0.2, 0.25) is 0 Å². The van der Waals surface area contributed by atoms with Crippen molar-refractivity contribution in [1.29, 1.82) is 0 Å². The van der Waals surface area contributed by atoms with Gasteiger partial charge in [-0.05, 0) is 31.7 Å². The highest BCUT2D eigenvalue weighted by atomic mass is 16.3. The van der Waals surface area contributed by atoms with Crippen LogP contribution in [-0.2, 0) is 0 Å². The second-order valence-corrected chi connectivity index (χ2v) is 5.46. The molecule has 1 heterocycles. The SMILES string of the molecule is CC1(CO)CC(C2CCCCC2)CN1. The van der Waals surface area contributed by atoms with Gasteiger partial charge in [-0.3, -0.25) is 0 Å². The van der Waals surface area contributed by atoms with E-state index in [-0.39, 0.29) is 12.1 Å². The lowest BCUT2D eigenvalue weighted by Crippen LogP contribution is -2.39. The monoisotopic (exact) mass is 197 g/mol. The van der Waals surface area contributed by atoms with Crippen LogP contribution in [0.5, 0.6) is 0 Å². The van der Waals surface area contributed by atoms with E-state index in [0.29, 0.717) is 0 Å². The van der Waals surface area contributed by atoms with Crippen molar-refractivity contribution in [3.05, 3.63) is 0 Å². The van der Waals surface area contributed by atoms with Gasteiger partial charge in [-0.15, -0.1) is 0 Å². The van der Waals surface area contributed by atoms with E-state index < -0.39 is 0 Å². The molecule has 2 aliphatic rings. The summed E-state index contributed by atoms with van der Waals surface area (Å²) in [5.74, 6) is 1.76. The molecule has 1 saturated carbocycles. The van der Waals surface area contributed by atoms with Crippen LogP contribution in [0.15, 0.2) is 0 Å². The van der Waals surface area contributed by atoms with Gasteiger partial charge in [0, 0.05) is 5.54 Å². The lowest BCUT2D eigenvalue weighted by atomic mass is 9.77. The first-order valence-corrected chi connectivity index (χ1v) is 6.09. The van der Waals surface area contributed by atoms with E-state index in [2.05, 4.69) is 12.2 Å². The van der Waals surface area contributed by atoms with Crippen LogP contribution in [0, 0.1) is 11.8 Å². The minimum atomic E-state index is 0.0160. The fourth-order valence-corrected chi connectivity index (χ4v) is 3.16. The molecule has 14 heavy (non-hydrogen) atoms. The van der Waals surface area contributed by atoms with E-state index in [1.54, 1.807) is 0 Å². The third kappa shape index (κ3) is 2.12. The summed E-state index contributed by atoms with van der Waals surface area (Å²) in [6, 6.07) is 0. The van der Waals surface area contributed by atoms with Gasteiger partial charge >= 0.3 is 0 Å². The predicted molar refractivity (Wildman–Crippen MR) is 58.2 cm³/mol. The number of hydrogen-bond donors (Lipinski definition) is 2. The minimum absolute atomic E-state index is 0.0160. The van der Waals surface area contributed by atoms with Crippen molar-refractivity contribution in [2.24, 2.45) is 11.8 Å². The van der Waals surface area contributed by atoms with Crippen LogP contribution in [0.3, 0.4) is 0 Å². The molecule has 0 bridgehead atoms. The van der Waals surface area contributed by atoms with Crippen molar-refractivity contribution in [1.82, 2.24) is 5.32 Å². The first-order valence-electron chi connectivity index (χ1n) is 6.09. The molecule has 1 aliphatic heterocycles. The molecule has 82 valence electrons. The van der Waals surface area contributed by atoms with Gasteiger partial charge in [-0.25, -0.2) is 0 Å². The third-order valence-corrected chi connectivity index (χ3v) is 4.17. The Morgan fingerprint density at radius 1 is 1.21 bits per heavy atom. The van der Waals surface area contributed by atoms with Gasteiger partial charge in [-0.2, -0.15) is 0 Å². The summed E-state index contributed by atoms with van der Waals surface area (Å²) in [5, 5.41) is 12.8. The zero-order valence-electron chi connectivity index (χ0n) is 9.26. The topological polar surface area (TPSA) is 32.3 Å². The highest BCUT2D eigenvalue weighted by Crippen LogP contribution is 2.37. The van der Waals surface area contributed by atoms with Gasteiger partial charge in [0.25, 0.3) is 0 Å². The number of nitrogens with one attached hydrogen (secondary N) is 1. The Bertz CT molecular complexity index is 189. The Kier molecular flexibility index (Phi) is 3.13. The number of aliphatic hydroxyl groups is 1. The lowest BCUT2D eigenvalue weighted by Gasteiger charge is -2.28. The maximum absolute atomic E-state index is 9.28. The molecule has 0 aromatic heterocycles. The number of hydrogen-bond acceptors (Lipinski definition) is 2. The lowest BCUT2D eigenvalue weighted by molar-refractivity contribution is 0.179. The van der Waals surface area contributed by atoms with E-state index in [1.807, 2.05) is 0 Å². The molecule has 0 amide bonds. The molecule has 2 atom stereocenters. The van der Waals surface area contributed by atoms with Crippen molar-refractivity contribution in [2.45, 2.75) is 51.0 Å². The second-order valence-electron chi connectivity index (χ2n) is 5.46. The molecule has 0 aromatic carbocycles. The van der Waals surface area contributed by atoms with Gasteiger partial charge < -0.3 is 10.4 Å². The average Bonchev–Trinajstić information content (AvgIpc) is 2.63. The molecule has 2 N–H and O–H groups in total. The van der Waals surface area contributed by atoms with Crippen LogP contribution in [0.2, 0.25) is 0 Å². The summed E-state index contributed by atoms with van der Waals surface area (Å²) in [6.45, 7) is 3.56. The Hall–Kier alpha value is -0.0800. The van der Waals surface area contributed by atoms with Crippen LogP contribution >= 0.6 is 0 Å². The Morgan fingerprint density at radius 3 is 2.50 bits per heavy atom. The molecule has 0 spiro atoms. The summed E-state index contributed by atoms with van der Waals surface area (Å²) in [5.41, 5.74) is 0.0160. The summed E-state index contributed by atoms with van der Waals surface area (Å²) in [6.07, 6.45) is 8.32. The number of rotatable bonds is 2. The van der Waals surface area contributed by atoms with E-state index in [0.717, 1.165) is 18.4 Å². The van der Waals surface area contributed by atoms with Crippen LogP contribution in [0.4, 0.5) is 0 Å². The van der Waals surface area contributed by atoms with Gasteiger partial charge in [-0.1, -0.05) is 32.1 Å². The van der Waals surface area contributed by atoms with Crippen molar-refractivity contribution < 1.29 is 5.11 Å². The van der Waals surface area contributed by atoms with Crippen LogP contribution in [-0.4, -0.2) is 23.8 Å². The first-order chi connectivity index (χ1) is 6.73. The van der Waals surface area contributed by atoms with Gasteiger partial charge in [0.05, 0.1) is 6.61 Å². The van der Waals surface area contributed by atoms with Crippen molar-refractivity contribution in [3.63, 3.8) is 0 Å². The highest BCUT2D eigenvalue weighted by molar-refractivity contribution is 4.95. The first kappa shape index (κ1) is 10.4. The maximum Gasteiger partial charge on any atom is 0.0610 e. The minimum Gasteiger partial charge on any atom is -0.394 e. The normalized spacial score (nSPS) is 40.3. The molecule has 2 unspecified atom stereocenters. The summed E-state index contributed by atoms with van der Waals surface area (Å²) in [4.78, 5) is 0. The summed E-state index contributed by atoms with van der Waals surface area (Å²) >= 11 is 0. The number of aliphatic hydroxyl groups excluding tert-OH is 1. The Labute approximate surface area is 87.1 Å². The van der Waals surface area contributed by atoms with Gasteiger partial charge in [0.1, 0.15) is 0 Å².